The van der Waals surface area contributed by atoms with Gasteiger partial charge >= 0.3 is 5.97 Å². The van der Waals surface area contributed by atoms with E-state index in [2.05, 4.69) is 4.98 Å². The van der Waals surface area contributed by atoms with Crippen molar-refractivity contribution in [1.82, 2.24) is 9.55 Å². The molecular weight excluding hydrogens is 342 g/mol. The summed E-state index contributed by atoms with van der Waals surface area (Å²) in [7, 11) is 2.97. The number of aryl methyl sites for hydroxylation is 2. The summed E-state index contributed by atoms with van der Waals surface area (Å²) in [5.74, 6) is -0.158. The third-order valence-corrected chi connectivity index (χ3v) is 4.46. The van der Waals surface area contributed by atoms with Gasteiger partial charge in [0.05, 0.1) is 18.4 Å². The summed E-state index contributed by atoms with van der Waals surface area (Å²) < 4.78 is 6.19. The minimum atomic E-state index is -0.365. The van der Waals surface area contributed by atoms with Gasteiger partial charge in [-0.25, -0.2) is 9.78 Å². The first kappa shape index (κ1) is 18.4. The summed E-state index contributed by atoms with van der Waals surface area (Å²) in [5, 5.41) is 0. The lowest BCUT2D eigenvalue weighted by atomic mass is 9.96. The summed E-state index contributed by atoms with van der Waals surface area (Å²) in [4.78, 5) is 28.1. The molecule has 2 N–H and O–H groups in total. The molecule has 0 saturated carbocycles. The van der Waals surface area contributed by atoms with Crippen LogP contribution in [-0.4, -0.2) is 22.6 Å². The van der Waals surface area contributed by atoms with E-state index in [1.54, 1.807) is 13.1 Å². The maximum absolute atomic E-state index is 12.0. The molecule has 0 fully saturated rings. The monoisotopic (exact) mass is 363 g/mol. The van der Waals surface area contributed by atoms with Crippen molar-refractivity contribution in [2.45, 2.75) is 12.8 Å². The molecule has 3 aromatic rings. The highest BCUT2D eigenvalue weighted by molar-refractivity contribution is 5.97. The van der Waals surface area contributed by atoms with E-state index >= 15 is 0 Å². The zero-order chi connectivity index (χ0) is 19.4. The Balaban J connectivity index is 1.85. The molecule has 1 aromatic heterocycles. The largest absolute Gasteiger partial charge is 0.465 e. The van der Waals surface area contributed by atoms with Crippen LogP contribution in [0.3, 0.4) is 0 Å². The fraction of sp³-hybridized carbons (Fsp3) is 0.190. The van der Waals surface area contributed by atoms with Crippen LogP contribution in [0.25, 0.3) is 11.1 Å². The molecule has 0 radical (unpaired) electrons. The van der Waals surface area contributed by atoms with E-state index in [0.717, 1.165) is 16.7 Å². The maximum atomic E-state index is 12.0. The second kappa shape index (κ2) is 7.86. The zero-order valence-corrected chi connectivity index (χ0v) is 15.3. The van der Waals surface area contributed by atoms with Crippen molar-refractivity contribution in [3.8, 4) is 11.1 Å². The number of esters is 1. The molecule has 6 heteroatoms. The average molecular weight is 363 g/mol. The Bertz CT molecular complexity index is 1040. The van der Waals surface area contributed by atoms with Crippen LogP contribution in [0, 0.1) is 0 Å². The van der Waals surface area contributed by atoms with E-state index in [1.165, 1.54) is 17.7 Å². The number of methoxy groups -OCH3 is 1. The van der Waals surface area contributed by atoms with Crippen molar-refractivity contribution >= 4 is 11.9 Å². The number of hydrogen-bond acceptors (Lipinski definition) is 5. The van der Waals surface area contributed by atoms with Gasteiger partial charge in [-0.15, -0.1) is 0 Å². The number of ether oxygens (including phenoxy) is 1. The van der Waals surface area contributed by atoms with Gasteiger partial charge in [0.2, 0.25) is 5.95 Å². The first-order valence-electron chi connectivity index (χ1n) is 8.58. The molecule has 0 aliphatic rings. The van der Waals surface area contributed by atoms with Gasteiger partial charge in [-0.05, 0) is 35.6 Å². The second-order valence-corrected chi connectivity index (χ2v) is 6.24. The van der Waals surface area contributed by atoms with Crippen molar-refractivity contribution in [3.63, 3.8) is 0 Å². The molecule has 0 atom stereocenters. The second-order valence-electron chi connectivity index (χ2n) is 6.24. The number of anilines is 1. The normalized spacial score (nSPS) is 10.6. The number of hydrogen-bond donors (Lipinski definition) is 1. The Morgan fingerprint density at radius 2 is 1.89 bits per heavy atom. The van der Waals surface area contributed by atoms with E-state index in [0.29, 0.717) is 24.1 Å². The molecule has 1 heterocycles. The number of carbonyl (C=O) groups is 1. The van der Waals surface area contributed by atoms with Crippen molar-refractivity contribution in [1.29, 1.82) is 0 Å². The van der Waals surface area contributed by atoms with Gasteiger partial charge in [0.1, 0.15) is 0 Å². The predicted octanol–water partition coefficient (Wildman–Crippen LogP) is 2.60. The number of carbonyl (C=O) groups excluding carboxylic acids is 1. The predicted molar refractivity (Wildman–Crippen MR) is 105 cm³/mol. The molecule has 0 aliphatic carbocycles. The van der Waals surface area contributed by atoms with Crippen LogP contribution in [0.5, 0.6) is 0 Å². The Morgan fingerprint density at radius 3 is 2.63 bits per heavy atom. The first-order chi connectivity index (χ1) is 13.0. The number of nitrogens with zero attached hydrogens (tertiary/aromatic N) is 2. The number of rotatable bonds is 5. The van der Waals surface area contributed by atoms with Gasteiger partial charge < -0.3 is 10.5 Å². The van der Waals surface area contributed by atoms with Gasteiger partial charge in [0.25, 0.3) is 5.56 Å². The molecule has 6 nitrogen and oxygen atoms in total. The molecule has 0 amide bonds. The smallest absolute Gasteiger partial charge is 0.338 e. The Kier molecular flexibility index (Phi) is 5.35. The highest BCUT2D eigenvalue weighted by Crippen LogP contribution is 2.25. The summed E-state index contributed by atoms with van der Waals surface area (Å²) in [6, 6.07) is 16.8. The minimum absolute atomic E-state index is 0.168. The van der Waals surface area contributed by atoms with Crippen molar-refractivity contribution < 1.29 is 9.53 Å². The van der Waals surface area contributed by atoms with E-state index in [9.17, 15) is 9.59 Å². The third kappa shape index (κ3) is 4.06. The van der Waals surface area contributed by atoms with Crippen molar-refractivity contribution in [3.05, 3.63) is 81.8 Å². The summed E-state index contributed by atoms with van der Waals surface area (Å²) in [5.41, 5.74) is 9.61. The Labute approximate surface area is 157 Å². The van der Waals surface area contributed by atoms with Gasteiger partial charge in [-0.3, -0.25) is 9.36 Å². The maximum Gasteiger partial charge on any atom is 0.338 e. The van der Waals surface area contributed by atoms with Crippen molar-refractivity contribution in [2.24, 2.45) is 7.05 Å². The van der Waals surface area contributed by atoms with Crippen LogP contribution in [0.1, 0.15) is 21.6 Å². The fourth-order valence-corrected chi connectivity index (χ4v) is 2.92. The average Bonchev–Trinajstić information content (AvgIpc) is 2.70. The summed E-state index contributed by atoms with van der Waals surface area (Å²) in [6.07, 6.45) is 1.30. The summed E-state index contributed by atoms with van der Waals surface area (Å²) in [6.45, 7) is 0. The number of benzene rings is 2. The number of nitrogen functional groups attached to an aromatic ring is 1. The van der Waals surface area contributed by atoms with Crippen LogP contribution in [0.15, 0.2) is 59.4 Å². The lowest BCUT2D eigenvalue weighted by Crippen LogP contribution is -2.21. The van der Waals surface area contributed by atoms with E-state index in [-0.39, 0.29) is 17.5 Å². The minimum Gasteiger partial charge on any atom is -0.465 e. The molecule has 0 unspecified atom stereocenters. The Morgan fingerprint density at radius 1 is 1.11 bits per heavy atom. The van der Waals surface area contributed by atoms with Crippen LogP contribution >= 0.6 is 0 Å². The molecule has 0 spiro atoms. The lowest BCUT2D eigenvalue weighted by Gasteiger charge is -2.10. The zero-order valence-electron chi connectivity index (χ0n) is 15.3. The number of nitrogens with two attached hydrogens (primary N) is 1. The number of aromatic nitrogens is 2. The molecule has 3 rings (SSSR count). The molecule has 2 aromatic carbocycles. The van der Waals surface area contributed by atoms with Gasteiger partial charge in [-0.2, -0.15) is 0 Å². The topological polar surface area (TPSA) is 87.2 Å². The van der Waals surface area contributed by atoms with E-state index in [4.69, 9.17) is 10.5 Å². The quantitative estimate of drug-likeness (QED) is 0.704. The molecule has 0 saturated heterocycles. The van der Waals surface area contributed by atoms with Crippen LogP contribution in [0.4, 0.5) is 5.95 Å². The molecular formula is C21H21N3O3. The van der Waals surface area contributed by atoms with E-state index < -0.39 is 0 Å². The van der Waals surface area contributed by atoms with Crippen LogP contribution < -0.4 is 11.3 Å². The lowest BCUT2D eigenvalue weighted by molar-refractivity contribution is 0.0601. The third-order valence-electron chi connectivity index (χ3n) is 4.46. The summed E-state index contributed by atoms with van der Waals surface area (Å²) >= 11 is 0. The fourth-order valence-electron chi connectivity index (χ4n) is 2.92. The molecule has 0 aliphatic heterocycles. The van der Waals surface area contributed by atoms with Gasteiger partial charge in [0, 0.05) is 13.1 Å². The first-order valence-corrected chi connectivity index (χ1v) is 8.58. The van der Waals surface area contributed by atoms with E-state index in [1.807, 2.05) is 42.5 Å². The van der Waals surface area contributed by atoms with Gasteiger partial charge in [0.15, 0.2) is 0 Å². The highest BCUT2D eigenvalue weighted by atomic mass is 16.5. The van der Waals surface area contributed by atoms with Crippen LogP contribution in [-0.2, 0) is 24.6 Å². The molecule has 0 bridgehead atoms. The standard InChI is InChI=1S/C21H21N3O3/c1-24-19(25)13-16(23-21(24)22)11-10-14-6-5-7-15(12-14)17-8-3-4-9-18(17)20(26)27-2/h3-9,12-13H,10-11H2,1-2H3,(H2,22,23). The molecule has 27 heavy (non-hydrogen) atoms. The Hall–Kier alpha value is -3.41. The van der Waals surface area contributed by atoms with Crippen LogP contribution in [0.2, 0.25) is 0 Å². The van der Waals surface area contributed by atoms with Crippen molar-refractivity contribution in [2.75, 3.05) is 12.8 Å². The highest BCUT2D eigenvalue weighted by Gasteiger charge is 2.13. The van der Waals surface area contributed by atoms with Gasteiger partial charge in [-0.1, -0.05) is 42.5 Å². The SMILES string of the molecule is COC(=O)c1ccccc1-c1cccc(CCc2cc(=O)n(C)c(N)n2)c1. The molecule has 138 valence electrons.